The second kappa shape index (κ2) is 23.9. The summed E-state index contributed by atoms with van der Waals surface area (Å²) in [7, 11) is 0. The number of imidazole rings is 1. The summed E-state index contributed by atoms with van der Waals surface area (Å²) in [6.07, 6.45) is 38.5. The van der Waals surface area contributed by atoms with Crippen molar-refractivity contribution >= 4 is 0 Å². The normalized spacial score (nSPS) is 11.5. The van der Waals surface area contributed by atoms with Crippen molar-refractivity contribution in [3.05, 3.63) is 18.2 Å². The number of aryl methyl sites for hydroxylation is 2. The number of hydrogen-bond acceptors (Lipinski definition) is 0. The summed E-state index contributed by atoms with van der Waals surface area (Å²) < 4.78 is 5.16. The predicted octanol–water partition coefficient (Wildman–Crippen LogP) is 10.4. The minimum Gasteiger partial charge on any atom is -0.234 e. The second-order valence-corrected chi connectivity index (χ2v) is 10.9. The minimum atomic E-state index is 1.22. The highest BCUT2D eigenvalue weighted by atomic mass is 15.1. The van der Waals surface area contributed by atoms with Gasteiger partial charge in [-0.2, -0.15) is 0 Å². The van der Waals surface area contributed by atoms with Gasteiger partial charge in [-0.1, -0.05) is 136 Å². The zero-order chi connectivity index (χ0) is 24.5. The predicted molar refractivity (Wildman–Crippen MR) is 152 cm³/mol. The molecule has 1 rings (SSSR count). The van der Waals surface area contributed by atoms with Gasteiger partial charge in [-0.25, -0.2) is 9.13 Å². The van der Waals surface area contributed by atoms with Crippen molar-refractivity contribution in [1.82, 2.24) is 4.57 Å². The van der Waals surface area contributed by atoms with E-state index in [1.165, 1.54) is 167 Å². The van der Waals surface area contributed by atoms with Crippen molar-refractivity contribution < 1.29 is 4.57 Å². The molecule has 0 aliphatic heterocycles. The Morgan fingerprint density at radius 1 is 0.500 bits per heavy atom. The average molecular weight is 476 g/mol. The van der Waals surface area contributed by atoms with Gasteiger partial charge in [0.1, 0.15) is 12.4 Å². The van der Waals surface area contributed by atoms with Crippen LogP contribution >= 0.6 is 0 Å². The van der Waals surface area contributed by atoms with Crippen molar-refractivity contribution in [2.75, 3.05) is 0 Å². The van der Waals surface area contributed by atoms with E-state index >= 15 is 0 Å². The molecule has 0 unspecified atom stereocenters. The van der Waals surface area contributed by atoms with Gasteiger partial charge in [0.15, 0.2) is 0 Å². The molecule has 2 heteroatoms. The van der Waals surface area contributed by atoms with Gasteiger partial charge in [0.05, 0.1) is 13.1 Å². The number of nitrogens with zero attached hydrogens (tertiary/aromatic N) is 2. The van der Waals surface area contributed by atoms with E-state index in [4.69, 9.17) is 0 Å². The van der Waals surface area contributed by atoms with Crippen LogP contribution in [0.4, 0.5) is 0 Å². The van der Waals surface area contributed by atoms with Crippen LogP contribution in [0.25, 0.3) is 0 Å². The van der Waals surface area contributed by atoms with Gasteiger partial charge in [0.2, 0.25) is 0 Å². The molecule has 0 amide bonds. The quantitative estimate of drug-likeness (QED) is 0.0930. The zero-order valence-electron chi connectivity index (χ0n) is 23.9. The highest BCUT2D eigenvalue weighted by Gasteiger charge is 2.16. The fourth-order valence-electron chi connectivity index (χ4n) is 5.24. The van der Waals surface area contributed by atoms with Crippen molar-refractivity contribution in [2.24, 2.45) is 0 Å². The van der Waals surface area contributed by atoms with Crippen LogP contribution in [0.5, 0.6) is 0 Å². The molecule has 0 N–H and O–H groups in total. The van der Waals surface area contributed by atoms with Crippen molar-refractivity contribution in [2.45, 2.75) is 188 Å². The summed E-state index contributed by atoms with van der Waals surface area (Å²) in [5.74, 6) is 1.59. The Hall–Kier alpha value is -0.790. The summed E-state index contributed by atoms with van der Waals surface area (Å²) in [4.78, 5) is 0. The maximum absolute atomic E-state index is 2.58. The Balaban J connectivity index is 2.16. The molecule has 0 aromatic carbocycles. The smallest absolute Gasteiger partial charge is 0.234 e. The zero-order valence-corrected chi connectivity index (χ0v) is 23.9. The van der Waals surface area contributed by atoms with Crippen LogP contribution in [-0.4, -0.2) is 4.57 Å². The van der Waals surface area contributed by atoms with E-state index in [0.29, 0.717) is 0 Å². The van der Waals surface area contributed by atoms with Crippen LogP contribution in [0.2, 0.25) is 0 Å². The van der Waals surface area contributed by atoms with E-state index in [0.717, 1.165) is 0 Å². The van der Waals surface area contributed by atoms with Crippen molar-refractivity contribution in [3.8, 4) is 0 Å². The first-order chi connectivity index (χ1) is 16.8. The number of hydrogen-bond donors (Lipinski definition) is 0. The van der Waals surface area contributed by atoms with Gasteiger partial charge >= 0.3 is 0 Å². The lowest BCUT2D eigenvalue weighted by molar-refractivity contribution is -0.704. The van der Waals surface area contributed by atoms with Gasteiger partial charge in [0.25, 0.3) is 5.82 Å². The highest BCUT2D eigenvalue weighted by Crippen LogP contribution is 2.13. The molecule has 200 valence electrons. The van der Waals surface area contributed by atoms with Crippen LogP contribution < -0.4 is 4.57 Å². The monoisotopic (exact) mass is 475 g/mol. The van der Waals surface area contributed by atoms with Gasteiger partial charge in [-0.05, 0) is 32.1 Å². The van der Waals surface area contributed by atoms with Gasteiger partial charge in [0, 0.05) is 6.42 Å². The molecule has 0 atom stereocenters. The summed E-state index contributed by atoms with van der Waals surface area (Å²) in [6, 6.07) is 0. The molecule has 0 aliphatic rings. The summed E-state index contributed by atoms with van der Waals surface area (Å²) in [6.45, 7) is 9.38. The highest BCUT2D eigenvalue weighted by molar-refractivity contribution is 4.84. The summed E-state index contributed by atoms with van der Waals surface area (Å²) in [5, 5.41) is 0. The average Bonchev–Trinajstić information content (AvgIpc) is 3.23. The van der Waals surface area contributed by atoms with Crippen LogP contribution in [0.1, 0.15) is 174 Å². The third-order valence-corrected chi connectivity index (χ3v) is 7.60. The van der Waals surface area contributed by atoms with Crippen molar-refractivity contribution in [3.63, 3.8) is 0 Å². The van der Waals surface area contributed by atoms with Crippen molar-refractivity contribution in [1.29, 1.82) is 0 Å². The van der Waals surface area contributed by atoms with Gasteiger partial charge in [-0.15, -0.1) is 0 Å². The fraction of sp³-hybridized carbons (Fsp3) is 0.906. The Kier molecular flexibility index (Phi) is 22.0. The van der Waals surface area contributed by atoms with Crippen LogP contribution in [0.15, 0.2) is 12.4 Å². The minimum absolute atomic E-state index is 1.22. The summed E-state index contributed by atoms with van der Waals surface area (Å²) in [5.41, 5.74) is 0. The van der Waals surface area contributed by atoms with Crippen LogP contribution in [-0.2, 0) is 19.5 Å². The lowest BCUT2D eigenvalue weighted by atomic mass is 10.1. The largest absolute Gasteiger partial charge is 0.256 e. The molecule has 1 aromatic rings. The molecule has 1 aromatic heterocycles. The van der Waals surface area contributed by atoms with Crippen LogP contribution in [0, 0.1) is 0 Å². The maximum atomic E-state index is 2.58. The SMILES string of the molecule is CCCCCCCCCCCCCCn1cc[n+](CCCCCCCCCCC)c1CCCC. The molecular formula is C32H63N2+. The molecule has 2 nitrogen and oxygen atoms in total. The van der Waals surface area contributed by atoms with E-state index in [-0.39, 0.29) is 0 Å². The molecule has 0 saturated carbocycles. The van der Waals surface area contributed by atoms with Crippen LogP contribution in [0.3, 0.4) is 0 Å². The third kappa shape index (κ3) is 16.8. The molecule has 0 saturated heterocycles. The lowest BCUT2D eigenvalue weighted by Gasteiger charge is -2.06. The maximum Gasteiger partial charge on any atom is 0.256 e. The fourth-order valence-corrected chi connectivity index (χ4v) is 5.24. The molecule has 0 radical (unpaired) electrons. The van der Waals surface area contributed by atoms with E-state index in [1.54, 1.807) is 5.82 Å². The molecular weight excluding hydrogens is 412 g/mol. The molecule has 1 heterocycles. The number of rotatable bonds is 26. The Labute approximate surface area is 215 Å². The Morgan fingerprint density at radius 3 is 1.38 bits per heavy atom. The van der Waals surface area contributed by atoms with E-state index < -0.39 is 0 Å². The summed E-state index contributed by atoms with van der Waals surface area (Å²) >= 11 is 0. The Bertz CT molecular complexity index is 533. The molecule has 0 bridgehead atoms. The number of unbranched alkanes of at least 4 members (excludes halogenated alkanes) is 20. The first kappa shape index (κ1) is 31.2. The van der Waals surface area contributed by atoms with E-state index in [2.05, 4.69) is 42.3 Å². The second-order valence-electron chi connectivity index (χ2n) is 10.9. The number of aromatic nitrogens is 2. The van der Waals surface area contributed by atoms with E-state index in [9.17, 15) is 0 Å². The lowest BCUT2D eigenvalue weighted by Crippen LogP contribution is -2.37. The molecule has 34 heavy (non-hydrogen) atoms. The molecule has 0 spiro atoms. The van der Waals surface area contributed by atoms with E-state index in [1.807, 2.05) is 0 Å². The molecule has 0 aliphatic carbocycles. The first-order valence-corrected chi connectivity index (χ1v) is 15.9. The third-order valence-electron chi connectivity index (χ3n) is 7.60. The van der Waals surface area contributed by atoms with Gasteiger partial charge < -0.3 is 0 Å². The van der Waals surface area contributed by atoms with Gasteiger partial charge in [-0.3, -0.25) is 0 Å². The Morgan fingerprint density at radius 2 is 0.912 bits per heavy atom. The first-order valence-electron chi connectivity index (χ1n) is 15.9. The standard InChI is InChI=1S/C32H63N2/c1-4-7-10-12-14-16-17-18-20-22-24-26-29-34-31-30-33(32(34)27-9-6-3)28-25-23-21-19-15-13-11-8-5-2/h30-31H,4-29H2,1-3H3/q+1. The molecule has 0 fully saturated rings. The topological polar surface area (TPSA) is 8.81 Å².